The Balaban J connectivity index is 1.74. The number of carbonyl (C=O) groups excluding carboxylic acids is 1. The molecular weight excluding hydrogens is 325 g/mol. The number of benzene rings is 1. The molecule has 1 amide bonds. The number of likely N-dealkylation sites (N-methyl/N-ethyl adjacent to an activating group) is 1. The molecular formula is C18H22FN3OS. The molecule has 1 fully saturated rings. The number of nitrogens with zero attached hydrogens (tertiary/aromatic N) is 3. The van der Waals surface area contributed by atoms with Crippen LogP contribution in [0.1, 0.15) is 31.7 Å². The van der Waals surface area contributed by atoms with E-state index in [-0.39, 0.29) is 23.2 Å². The van der Waals surface area contributed by atoms with Gasteiger partial charge in [0.1, 0.15) is 5.82 Å². The van der Waals surface area contributed by atoms with Gasteiger partial charge in [-0.2, -0.15) is 0 Å². The highest BCUT2D eigenvalue weighted by molar-refractivity contribution is 7.13. The van der Waals surface area contributed by atoms with Gasteiger partial charge in [-0.25, -0.2) is 9.37 Å². The number of carbonyl (C=O) groups is 1. The fraction of sp³-hybridized carbons (Fsp3) is 0.444. The average Bonchev–Trinajstić information content (AvgIpc) is 3.17. The zero-order chi connectivity index (χ0) is 17.3. The molecule has 1 unspecified atom stereocenters. The van der Waals surface area contributed by atoms with Gasteiger partial charge in [-0.15, -0.1) is 11.3 Å². The molecule has 0 radical (unpaired) electrons. The molecule has 2 heterocycles. The van der Waals surface area contributed by atoms with E-state index in [0.717, 1.165) is 18.5 Å². The van der Waals surface area contributed by atoms with Gasteiger partial charge in [0.15, 0.2) is 5.13 Å². The van der Waals surface area contributed by atoms with Crippen LogP contribution in [0.5, 0.6) is 0 Å². The maximum Gasteiger partial charge on any atom is 0.242 e. The van der Waals surface area contributed by atoms with Gasteiger partial charge in [-0.1, -0.05) is 18.2 Å². The van der Waals surface area contributed by atoms with Crippen molar-refractivity contribution in [2.75, 3.05) is 25.0 Å². The Morgan fingerprint density at radius 3 is 2.88 bits per heavy atom. The second-order valence-electron chi connectivity index (χ2n) is 6.71. The third-order valence-corrected chi connectivity index (χ3v) is 5.89. The summed E-state index contributed by atoms with van der Waals surface area (Å²) in [6, 6.07) is 6.95. The molecule has 1 aromatic heterocycles. The van der Waals surface area contributed by atoms with Crippen LogP contribution in [-0.2, 0) is 4.79 Å². The van der Waals surface area contributed by atoms with Crippen molar-refractivity contribution in [3.63, 3.8) is 0 Å². The molecule has 1 aromatic carbocycles. The fourth-order valence-electron chi connectivity index (χ4n) is 3.48. The van der Waals surface area contributed by atoms with E-state index in [4.69, 9.17) is 0 Å². The summed E-state index contributed by atoms with van der Waals surface area (Å²) < 4.78 is 14.2. The lowest BCUT2D eigenvalue weighted by atomic mass is 9.82. The molecule has 6 heteroatoms. The Bertz CT molecular complexity index is 717. The highest BCUT2D eigenvalue weighted by Gasteiger charge is 2.43. The van der Waals surface area contributed by atoms with Crippen molar-refractivity contribution < 1.29 is 9.18 Å². The lowest BCUT2D eigenvalue weighted by Crippen LogP contribution is -2.47. The SMILES string of the molecule is CN(C(=O)CN1CCC(c2ccccc2F)C1(C)C)c1nccs1. The highest BCUT2D eigenvalue weighted by Crippen LogP contribution is 2.42. The van der Waals surface area contributed by atoms with Crippen molar-refractivity contribution in [1.29, 1.82) is 0 Å². The van der Waals surface area contributed by atoms with Crippen molar-refractivity contribution in [2.24, 2.45) is 0 Å². The summed E-state index contributed by atoms with van der Waals surface area (Å²) in [4.78, 5) is 20.5. The van der Waals surface area contributed by atoms with E-state index in [1.165, 1.54) is 17.4 Å². The first kappa shape index (κ1) is 17.0. The number of anilines is 1. The van der Waals surface area contributed by atoms with Crippen molar-refractivity contribution in [1.82, 2.24) is 9.88 Å². The zero-order valence-electron chi connectivity index (χ0n) is 14.2. The van der Waals surface area contributed by atoms with Crippen molar-refractivity contribution >= 4 is 22.4 Å². The molecule has 128 valence electrons. The van der Waals surface area contributed by atoms with E-state index < -0.39 is 0 Å². The summed E-state index contributed by atoms with van der Waals surface area (Å²) in [5.41, 5.74) is 0.465. The van der Waals surface area contributed by atoms with Gasteiger partial charge in [0, 0.05) is 30.1 Å². The van der Waals surface area contributed by atoms with E-state index >= 15 is 0 Å². The van der Waals surface area contributed by atoms with Crippen molar-refractivity contribution in [3.8, 4) is 0 Å². The van der Waals surface area contributed by atoms with Gasteiger partial charge in [0.25, 0.3) is 0 Å². The largest absolute Gasteiger partial charge is 0.290 e. The normalized spacial score (nSPS) is 20.2. The van der Waals surface area contributed by atoms with E-state index in [2.05, 4.69) is 23.7 Å². The minimum absolute atomic E-state index is 0.00667. The average molecular weight is 347 g/mol. The van der Waals surface area contributed by atoms with Gasteiger partial charge in [0.05, 0.1) is 6.54 Å². The molecule has 0 saturated carbocycles. The Morgan fingerprint density at radius 1 is 1.46 bits per heavy atom. The number of amides is 1. The quantitative estimate of drug-likeness (QED) is 0.849. The highest BCUT2D eigenvalue weighted by atomic mass is 32.1. The van der Waals surface area contributed by atoms with Crippen LogP contribution < -0.4 is 4.90 Å². The Kier molecular flexibility index (Phi) is 4.69. The summed E-state index contributed by atoms with van der Waals surface area (Å²) in [5, 5.41) is 2.55. The molecule has 0 spiro atoms. The second-order valence-corrected chi connectivity index (χ2v) is 7.58. The summed E-state index contributed by atoms with van der Waals surface area (Å²) in [7, 11) is 1.75. The smallest absolute Gasteiger partial charge is 0.242 e. The van der Waals surface area contributed by atoms with Crippen LogP contribution in [0.15, 0.2) is 35.8 Å². The molecule has 2 aromatic rings. The Labute approximate surface area is 145 Å². The maximum absolute atomic E-state index is 14.2. The van der Waals surface area contributed by atoms with Crippen molar-refractivity contribution in [3.05, 3.63) is 47.2 Å². The molecule has 0 aliphatic carbocycles. The van der Waals surface area contributed by atoms with Crippen LogP contribution in [0.25, 0.3) is 0 Å². The number of rotatable bonds is 4. The van der Waals surface area contributed by atoms with Crippen molar-refractivity contribution in [2.45, 2.75) is 31.7 Å². The molecule has 1 aliphatic rings. The predicted molar refractivity (Wildman–Crippen MR) is 94.9 cm³/mol. The molecule has 3 rings (SSSR count). The molecule has 0 bridgehead atoms. The molecule has 4 nitrogen and oxygen atoms in total. The fourth-order valence-corrected chi connectivity index (χ4v) is 4.11. The summed E-state index contributed by atoms with van der Waals surface area (Å²) in [6.45, 7) is 5.28. The third kappa shape index (κ3) is 3.08. The summed E-state index contributed by atoms with van der Waals surface area (Å²) in [5.74, 6) is -0.0764. The first-order chi connectivity index (χ1) is 11.4. The van der Waals surface area contributed by atoms with E-state index in [1.54, 1.807) is 24.2 Å². The lowest BCUT2D eigenvalue weighted by molar-refractivity contribution is -0.120. The first-order valence-electron chi connectivity index (χ1n) is 8.07. The lowest BCUT2D eigenvalue weighted by Gasteiger charge is -2.36. The van der Waals surface area contributed by atoms with E-state index in [1.807, 2.05) is 17.5 Å². The number of hydrogen-bond acceptors (Lipinski definition) is 4. The standard InChI is InChI=1S/C18H22FN3OS/c1-18(2)14(13-6-4-5-7-15(13)19)8-10-22(18)12-16(23)21(3)17-20-9-11-24-17/h4-7,9,11,14H,8,10,12H2,1-3H3. The monoisotopic (exact) mass is 347 g/mol. The van der Waals surface area contributed by atoms with Crippen LogP contribution in [-0.4, -0.2) is 41.5 Å². The number of halogens is 1. The molecule has 1 atom stereocenters. The summed E-state index contributed by atoms with van der Waals surface area (Å²) >= 11 is 1.44. The number of likely N-dealkylation sites (tertiary alicyclic amines) is 1. The van der Waals surface area contributed by atoms with Crippen LogP contribution in [0.4, 0.5) is 9.52 Å². The second kappa shape index (κ2) is 6.61. The molecule has 1 saturated heterocycles. The van der Waals surface area contributed by atoms with Crippen LogP contribution in [0.2, 0.25) is 0 Å². The predicted octanol–water partition coefficient (Wildman–Crippen LogP) is 3.51. The van der Waals surface area contributed by atoms with Crippen LogP contribution in [0, 0.1) is 5.82 Å². The van der Waals surface area contributed by atoms with Crippen LogP contribution >= 0.6 is 11.3 Å². The van der Waals surface area contributed by atoms with Gasteiger partial charge >= 0.3 is 0 Å². The minimum atomic E-state index is -0.276. The number of aromatic nitrogens is 1. The topological polar surface area (TPSA) is 36.4 Å². The van der Waals surface area contributed by atoms with Crippen LogP contribution in [0.3, 0.4) is 0 Å². The first-order valence-corrected chi connectivity index (χ1v) is 8.94. The van der Waals surface area contributed by atoms with E-state index in [9.17, 15) is 9.18 Å². The van der Waals surface area contributed by atoms with E-state index in [0.29, 0.717) is 11.7 Å². The Morgan fingerprint density at radius 2 is 2.21 bits per heavy atom. The number of thiazole rings is 1. The maximum atomic E-state index is 14.2. The van der Waals surface area contributed by atoms with Gasteiger partial charge in [0.2, 0.25) is 5.91 Å². The number of hydrogen-bond donors (Lipinski definition) is 0. The molecule has 24 heavy (non-hydrogen) atoms. The van der Waals surface area contributed by atoms with Gasteiger partial charge in [-0.05, 0) is 38.4 Å². The minimum Gasteiger partial charge on any atom is -0.290 e. The van der Waals surface area contributed by atoms with Gasteiger partial charge in [-0.3, -0.25) is 14.6 Å². The van der Waals surface area contributed by atoms with Gasteiger partial charge < -0.3 is 0 Å². The zero-order valence-corrected chi connectivity index (χ0v) is 15.0. The molecule has 1 aliphatic heterocycles. The Hall–Kier alpha value is -1.79. The third-order valence-electron chi connectivity index (χ3n) is 5.04. The summed E-state index contributed by atoms with van der Waals surface area (Å²) in [6.07, 6.45) is 2.54. The molecule has 0 N–H and O–H groups in total.